The van der Waals surface area contributed by atoms with Crippen LogP contribution in [-0.2, 0) is 14.3 Å². The number of benzene rings is 1. The largest absolute Gasteiger partial charge is 0.452 e. The Morgan fingerprint density at radius 1 is 1.29 bits per heavy atom. The van der Waals surface area contributed by atoms with Crippen molar-refractivity contribution in [2.75, 3.05) is 6.61 Å². The van der Waals surface area contributed by atoms with Gasteiger partial charge in [0.1, 0.15) is 0 Å². The molecule has 1 N–H and O–H groups in total. The van der Waals surface area contributed by atoms with E-state index in [0.717, 1.165) is 10.0 Å². The summed E-state index contributed by atoms with van der Waals surface area (Å²) in [7, 11) is 0. The monoisotopic (exact) mass is 351 g/mol. The molecule has 1 aromatic carbocycles. The predicted octanol–water partition coefficient (Wildman–Crippen LogP) is 3.30. The summed E-state index contributed by atoms with van der Waals surface area (Å²) in [6, 6.07) is 7.50. The molecule has 1 aromatic rings. The van der Waals surface area contributed by atoms with Gasteiger partial charge in [0, 0.05) is 10.5 Å². The van der Waals surface area contributed by atoms with E-state index in [-0.39, 0.29) is 18.6 Å². The first-order chi connectivity index (χ1) is 10.0. The second-order valence-electron chi connectivity index (χ2n) is 4.33. The van der Waals surface area contributed by atoms with E-state index in [1.807, 2.05) is 38.1 Å². The number of carbonyl (C=O) groups excluding carboxylic acids is 2. The van der Waals surface area contributed by atoms with Gasteiger partial charge in [0.15, 0.2) is 6.61 Å². The van der Waals surface area contributed by atoms with Gasteiger partial charge in [-0.25, -0.2) is 4.79 Å². The third kappa shape index (κ3) is 6.90. The molecule has 1 atom stereocenters. The van der Waals surface area contributed by atoms with E-state index < -0.39 is 5.97 Å². The van der Waals surface area contributed by atoms with Crippen LogP contribution in [-0.4, -0.2) is 18.5 Å². The first kappa shape index (κ1) is 17.2. The summed E-state index contributed by atoms with van der Waals surface area (Å²) < 4.78 is 5.81. The third-order valence-electron chi connectivity index (χ3n) is 2.63. The van der Waals surface area contributed by atoms with Crippen molar-refractivity contribution in [2.24, 2.45) is 0 Å². The molecule has 0 aliphatic heterocycles. The van der Waals surface area contributed by atoms with Crippen molar-refractivity contribution in [1.29, 1.82) is 0 Å². The maximum atomic E-state index is 11.7. The second-order valence-corrected chi connectivity index (χ2v) is 5.25. The molecule has 0 spiro atoms. The van der Waals surface area contributed by atoms with Gasteiger partial charge in [-0.15, -0.1) is 0 Å². The van der Waals surface area contributed by atoms with E-state index in [1.165, 1.54) is 6.08 Å². The van der Waals surface area contributed by atoms with E-state index >= 15 is 0 Å². The van der Waals surface area contributed by atoms with Crippen molar-refractivity contribution >= 4 is 27.8 Å². The van der Waals surface area contributed by atoms with Crippen molar-refractivity contribution < 1.29 is 14.3 Å². The average Bonchev–Trinajstić information content (AvgIpc) is 2.46. The predicted molar refractivity (Wildman–Crippen MR) is 85.6 cm³/mol. The van der Waals surface area contributed by atoms with Gasteiger partial charge in [-0.3, -0.25) is 4.79 Å². The van der Waals surface area contributed by atoms with E-state index in [9.17, 15) is 9.59 Å². The summed E-state index contributed by atoms with van der Waals surface area (Å²) in [5, 5.41) is 2.77. The summed E-state index contributed by atoms with van der Waals surface area (Å²) in [6.45, 7) is 3.42. The molecule has 0 bridgehead atoms. The maximum absolute atomic E-state index is 11.7. The fourth-order valence-electron chi connectivity index (χ4n) is 1.55. The average molecular weight is 352 g/mol. The highest BCUT2D eigenvalue weighted by Crippen LogP contribution is 2.16. The Hall–Kier alpha value is -1.88. The molecule has 0 saturated heterocycles. The van der Waals surface area contributed by atoms with Crippen LogP contribution in [0.4, 0.5) is 0 Å². The van der Waals surface area contributed by atoms with E-state index in [0.29, 0.717) is 0 Å². The highest BCUT2D eigenvalue weighted by Gasteiger charge is 2.10. The quantitative estimate of drug-likeness (QED) is 0.486. The van der Waals surface area contributed by atoms with Crippen LogP contribution in [0.2, 0.25) is 0 Å². The SMILES string of the molecule is C/C=C/C=C/C(=O)OCC(=O)N[C@H](C)c1ccc(Br)cc1. The standard InChI is InChI=1S/C16H18BrNO3/c1-3-4-5-6-16(20)21-11-15(19)18-12(2)13-7-9-14(17)10-8-13/h3-10,12H,11H2,1-2H3,(H,18,19)/b4-3+,6-5+/t12-/m1/s1. The fourth-order valence-corrected chi connectivity index (χ4v) is 1.81. The lowest BCUT2D eigenvalue weighted by Gasteiger charge is -2.14. The van der Waals surface area contributed by atoms with Gasteiger partial charge in [-0.2, -0.15) is 0 Å². The number of ether oxygens (including phenoxy) is 1. The van der Waals surface area contributed by atoms with Crippen molar-refractivity contribution in [3.8, 4) is 0 Å². The number of halogens is 1. The maximum Gasteiger partial charge on any atom is 0.331 e. The van der Waals surface area contributed by atoms with Crippen LogP contribution in [0.5, 0.6) is 0 Å². The van der Waals surface area contributed by atoms with Gasteiger partial charge in [0.05, 0.1) is 6.04 Å². The number of hydrogen-bond acceptors (Lipinski definition) is 3. The summed E-state index contributed by atoms with van der Waals surface area (Å²) in [4.78, 5) is 23.0. The normalized spacial score (nSPS) is 12.5. The van der Waals surface area contributed by atoms with Crippen LogP contribution >= 0.6 is 15.9 Å². The Labute approximate surface area is 133 Å². The van der Waals surface area contributed by atoms with E-state index in [4.69, 9.17) is 4.74 Å². The number of nitrogens with one attached hydrogen (secondary N) is 1. The topological polar surface area (TPSA) is 55.4 Å². The lowest BCUT2D eigenvalue weighted by atomic mass is 10.1. The van der Waals surface area contributed by atoms with Gasteiger partial charge < -0.3 is 10.1 Å². The first-order valence-corrected chi connectivity index (χ1v) is 7.33. The molecule has 1 amide bonds. The lowest BCUT2D eigenvalue weighted by Crippen LogP contribution is -2.30. The molecular formula is C16H18BrNO3. The zero-order valence-corrected chi connectivity index (χ0v) is 13.6. The molecule has 0 unspecified atom stereocenters. The molecule has 0 aliphatic rings. The summed E-state index contributed by atoms with van der Waals surface area (Å²) >= 11 is 3.36. The zero-order chi connectivity index (χ0) is 15.7. The molecule has 0 radical (unpaired) electrons. The Bertz CT molecular complexity index is 535. The number of rotatable bonds is 6. The molecule has 5 heteroatoms. The van der Waals surface area contributed by atoms with Gasteiger partial charge in [-0.05, 0) is 31.5 Å². The second kappa shape index (κ2) is 9.13. The first-order valence-electron chi connectivity index (χ1n) is 6.54. The molecular weight excluding hydrogens is 334 g/mol. The number of esters is 1. The Morgan fingerprint density at radius 3 is 2.57 bits per heavy atom. The minimum atomic E-state index is -0.542. The molecule has 4 nitrogen and oxygen atoms in total. The number of carbonyl (C=O) groups is 2. The summed E-state index contributed by atoms with van der Waals surface area (Å²) in [6.07, 6.45) is 6.32. The lowest BCUT2D eigenvalue weighted by molar-refractivity contribution is -0.144. The molecule has 0 heterocycles. The van der Waals surface area contributed by atoms with Crippen LogP contribution < -0.4 is 5.32 Å². The van der Waals surface area contributed by atoms with Crippen LogP contribution in [0.25, 0.3) is 0 Å². The van der Waals surface area contributed by atoms with Crippen LogP contribution in [0.1, 0.15) is 25.5 Å². The van der Waals surface area contributed by atoms with Gasteiger partial charge in [0.25, 0.3) is 5.91 Å². The van der Waals surface area contributed by atoms with Crippen molar-refractivity contribution in [3.05, 3.63) is 58.6 Å². The minimum Gasteiger partial charge on any atom is -0.452 e. The highest BCUT2D eigenvalue weighted by atomic mass is 79.9. The smallest absolute Gasteiger partial charge is 0.331 e. The molecule has 21 heavy (non-hydrogen) atoms. The van der Waals surface area contributed by atoms with Crippen LogP contribution in [0.3, 0.4) is 0 Å². The van der Waals surface area contributed by atoms with Gasteiger partial charge >= 0.3 is 5.97 Å². The molecule has 0 fully saturated rings. The molecule has 0 aromatic heterocycles. The zero-order valence-electron chi connectivity index (χ0n) is 12.0. The molecule has 0 saturated carbocycles. The summed E-state index contributed by atoms with van der Waals surface area (Å²) in [5.74, 6) is -0.877. The molecule has 1 rings (SSSR count). The van der Waals surface area contributed by atoms with E-state index in [1.54, 1.807) is 18.2 Å². The Balaban J connectivity index is 2.39. The van der Waals surface area contributed by atoms with Gasteiger partial charge in [0.2, 0.25) is 0 Å². The molecule has 0 aliphatic carbocycles. The molecule has 112 valence electrons. The Kier molecular flexibility index (Phi) is 7.46. The third-order valence-corrected chi connectivity index (χ3v) is 3.16. The van der Waals surface area contributed by atoms with E-state index in [2.05, 4.69) is 21.2 Å². The van der Waals surface area contributed by atoms with Gasteiger partial charge in [-0.1, -0.05) is 46.3 Å². The number of amides is 1. The number of allylic oxidation sites excluding steroid dienone is 3. The fraction of sp³-hybridized carbons (Fsp3) is 0.250. The van der Waals surface area contributed by atoms with Crippen molar-refractivity contribution in [3.63, 3.8) is 0 Å². The number of hydrogen-bond donors (Lipinski definition) is 1. The van der Waals surface area contributed by atoms with Crippen molar-refractivity contribution in [2.45, 2.75) is 19.9 Å². The Morgan fingerprint density at radius 2 is 1.95 bits per heavy atom. The minimum absolute atomic E-state index is 0.150. The van der Waals surface area contributed by atoms with Crippen LogP contribution in [0, 0.1) is 0 Å². The summed E-state index contributed by atoms with van der Waals surface area (Å²) in [5.41, 5.74) is 0.978. The highest BCUT2D eigenvalue weighted by molar-refractivity contribution is 9.10. The van der Waals surface area contributed by atoms with Crippen LogP contribution in [0.15, 0.2) is 53.0 Å². The van der Waals surface area contributed by atoms with Crippen molar-refractivity contribution in [1.82, 2.24) is 5.32 Å².